The lowest BCUT2D eigenvalue weighted by atomic mass is 10.1. The fraction of sp³-hybridized carbons (Fsp3) is 0.571. The zero-order valence-corrected chi connectivity index (χ0v) is 10.3. The van der Waals surface area contributed by atoms with E-state index < -0.39 is 0 Å². The molecule has 2 heteroatoms. The van der Waals surface area contributed by atoms with Crippen LogP contribution >= 0.6 is 0 Å². The molecule has 1 aromatic carbocycles. The number of benzene rings is 1. The van der Waals surface area contributed by atoms with Crippen molar-refractivity contribution in [2.75, 3.05) is 13.2 Å². The van der Waals surface area contributed by atoms with Crippen LogP contribution in [0.2, 0.25) is 0 Å². The molecule has 16 heavy (non-hydrogen) atoms. The highest BCUT2D eigenvalue weighted by atomic mass is 16.5. The molecule has 1 unspecified atom stereocenters. The summed E-state index contributed by atoms with van der Waals surface area (Å²) in [5.41, 5.74) is 2.63. The van der Waals surface area contributed by atoms with Crippen LogP contribution in [0.25, 0.3) is 0 Å². The van der Waals surface area contributed by atoms with Gasteiger partial charge in [0.2, 0.25) is 0 Å². The Balaban J connectivity index is 1.78. The van der Waals surface area contributed by atoms with Crippen LogP contribution < -0.4 is 10.1 Å². The van der Waals surface area contributed by atoms with E-state index in [1.807, 2.05) is 0 Å². The van der Waals surface area contributed by atoms with Gasteiger partial charge in [-0.1, -0.05) is 6.07 Å². The Labute approximate surface area is 98.0 Å². The second kappa shape index (κ2) is 5.35. The maximum atomic E-state index is 5.76. The second-order valence-electron chi connectivity index (χ2n) is 4.68. The van der Waals surface area contributed by atoms with Gasteiger partial charge in [0.25, 0.3) is 0 Å². The molecule has 2 nitrogen and oxygen atoms in total. The van der Waals surface area contributed by atoms with Crippen molar-refractivity contribution in [1.82, 2.24) is 5.32 Å². The molecule has 1 aliphatic heterocycles. The monoisotopic (exact) mass is 219 g/mol. The molecule has 2 rings (SSSR count). The molecule has 88 valence electrons. The Kier molecular flexibility index (Phi) is 3.83. The minimum Gasteiger partial charge on any atom is -0.494 e. The zero-order chi connectivity index (χ0) is 11.4. The van der Waals surface area contributed by atoms with Gasteiger partial charge >= 0.3 is 0 Å². The van der Waals surface area contributed by atoms with Gasteiger partial charge in [-0.2, -0.15) is 0 Å². The number of hydrogen-bond donors (Lipinski definition) is 1. The van der Waals surface area contributed by atoms with E-state index in [9.17, 15) is 0 Å². The van der Waals surface area contributed by atoms with Crippen molar-refractivity contribution in [2.24, 2.45) is 0 Å². The highest BCUT2D eigenvalue weighted by Crippen LogP contribution is 2.17. The molecule has 1 saturated heterocycles. The van der Waals surface area contributed by atoms with E-state index >= 15 is 0 Å². The third-order valence-corrected chi connectivity index (χ3v) is 3.38. The summed E-state index contributed by atoms with van der Waals surface area (Å²) in [5.74, 6) is 1.00. The van der Waals surface area contributed by atoms with Gasteiger partial charge < -0.3 is 10.1 Å². The van der Waals surface area contributed by atoms with E-state index in [1.165, 1.54) is 30.5 Å². The van der Waals surface area contributed by atoms with Crippen molar-refractivity contribution >= 4 is 0 Å². The molecular weight excluding hydrogens is 198 g/mol. The molecule has 1 atom stereocenters. The first-order valence-corrected chi connectivity index (χ1v) is 6.19. The minimum absolute atomic E-state index is 0.673. The van der Waals surface area contributed by atoms with Crippen molar-refractivity contribution in [1.29, 1.82) is 0 Å². The molecule has 0 radical (unpaired) electrons. The number of ether oxygens (including phenoxy) is 1. The summed E-state index contributed by atoms with van der Waals surface area (Å²) in [5, 5.41) is 3.48. The van der Waals surface area contributed by atoms with Crippen molar-refractivity contribution < 1.29 is 4.74 Å². The van der Waals surface area contributed by atoms with E-state index in [1.54, 1.807) is 0 Å². The first kappa shape index (κ1) is 11.5. The molecule has 0 amide bonds. The predicted molar refractivity (Wildman–Crippen MR) is 67.1 cm³/mol. The molecule has 0 spiro atoms. The molecule has 0 saturated carbocycles. The van der Waals surface area contributed by atoms with Gasteiger partial charge in [-0.3, -0.25) is 0 Å². The van der Waals surface area contributed by atoms with Crippen LogP contribution in [0, 0.1) is 13.8 Å². The van der Waals surface area contributed by atoms with Crippen LogP contribution in [0.1, 0.15) is 30.4 Å². The summed E-state index contributed by atoms with van der Waals surface area (Å²) >= 11 is 0. The predicted octanol–water partition coefficient (Wildman–Crippen LogP) is 2.82. The molecule has 1 heterocycles. The van der Waals surface area contributed by atoms with E-state index in [2.05, 4.69) is 37.4 Å². The van der Waals surface area contributed by atoms with Crippen molar-refractivity contribution in [3.05, 3.63) is 29.3 Å². The van der Waals surface area contributed by atoms with Gasteiger partial charge in [-0.05, 0) is 62.9 Å². The number of rotatable bonds is 4. The Morgan fingerprint density at radius 2 is 2.19 bits per heavy atom. The molecular formula is C14H21NO. The number of aryl methyl sites for hydroxylation is 2. The van der Waals surface area contributed by atoms with Crippen LogP contribution in [-0.2, 0) is 0 Å². The first-order chi connectivity index (χ1) is 7.75. The van der Waals surface area contributed by atoms with Gasteiger partial charge in [0.15, 0.2) is 0 Å². The molecule has 1 N–H and O–H groups in total. The normalized spacial score (nSPS) is 20.0. The van der Waals surface area contributed by atoms with Crippen molar-refractivity contribution in [3.63, 3.8) is 0 Å². The smallest absolute Gasteiger partial charge is 0.119 e. The standard InChI is InChI=1S/C14H21NO/c1-11-5-6-14(10-12(11)2)16-9-7-13-4-3-8-15-13/h5-6,10,13,15H,3-4,7-9H2,1-2H3. The van der Waals surface area contributed by atoms with Crippen LogP contribution in [0.4, 0.5) is 0 Å². The molecule has 0 bridgehead atoms. The zero-order valence-electron chi connectivity index (χ0n) is 10.3. The Hall–Kier alpha value is -1.02. The molecule has 1 aromatic rings. The Bertz CT molecular complexity index is 343. The summed E-state index contributed by atoms with van der Waals surface area (Å²) in [4.78, 5) is 0. The minimum atomic E-state index is 0.673. The van der Waals surface area contributed by atoms with Crippen molar-refractivity contribution in [3.8, 4) is 5.75 Å². The van der Waals surface area contributed by atoms with Gasteiger partial charge in [0, 0.05) is 6.04 Å². The summed E-state index contributed by atoms with van der Waals surface area (Å²) in [6.45, 7) is 6.25. The number of hydrogen-bond acceptors (Lipinski definition) is 2. The largest absolute Gasteiger partial charge is 0.494 e. The molecule has 1 aliphatic rings. The third-order valence-electron chi connectivity index (χ3n) is 3.38. The maximum Gasteiger partial charge on any atom is 0.119 e. The third kappa shape index (κ3) is 2.99. The van der Waals surface area contributed by atoms with Gasteiger partial charge in [-0.25, -0.2) is 0 Å². The average Bonchev–Trinajstić information content (AvgIpc) is 2.76. The van der Waals surface area contributed by atoms with Gasteiger partial charge in [0.1, 0.15) is 5.75 Å². The van der Waals surface area contributed by atoms with E-state index in [0.717, 1.165) is 18.8 Å². The van der Waals surface area contributed by atoms with Gasteiger partial charge in [0.05, 0.1) is 6.61 Å². The fourth-order valence-electron chi connectivity index (χ4n) is 2.13. The molecule has 0 aromatic heterocycles. The summed E-state index contributed by atoms with van der Waals surface area (Å²) in [6.07, 6.45) is 3.73. The lowest BCUT2D eigenvalue weighted by Gasteiger charge is -2.12. The van der Waals surface area contributed by atoms with Crippen molar-refractivity contribution in [2.45, 2.75) is 39.2 Å². The Morgan fingerprint density at radius 3 is 2.88 bits per heavy atom. The second-order valence-corrected chi connectivity index (χ2v) is 4.68. The summed E-state index contributed by atoms with van der Waals surface area (Å²) in [6, 6.07) is 6.98. The highest BCUT2D eigenvalue weighted by Gasteiger charge is 2.13. The van der Waals surface area contributed by atoms with E-state index in [-0.39, 0.29) is 0 Å². The summed E-state index contributed by atoms with van der Waals surface area (Å²) < 4.78 is 5.76. The Morgan fingerprint density at radius 1 is 1.31 bits per heavy atom. The molecule has 1 fully saturated rings. The van der Waals surface area contributed by atoms with E-state index in [0.29, 0.717) is 6.04 Å². The summed E-state index contributed by atoms with van der Waals surface area (Å²) in [7, 11) is 0. The number of nitrogens with one attached hydrogen (secondary N) is 1. The SMILES string of the molecule is Cc1ccc(OCCC2CCCN2)cc1C. The molecule has 0 aliphatic carbocycles. The van der Waals surface area contributed by atoms with Crippen LogP contribution in [-0.4, -0.2) is 19.2 Å². The first-order valence-electron chi connectivity index (χ1n) is 6.19. The quantitative estimate of drug-likeness (QED) is 0.840. The average molecular weight is 219 g/mol. The van der Waals surface area contributed by atoms with Crippen LogP contribution in [0.3, 0.4) is 0 Å². The maximum absolute atomic E-state index is 5.76. The highest BCUT2D eigenvalue weighted by molar-refractivity contribution is 5.33. The lowest BCUT2D eigenvalue weighted by Crippen LogP contribution is -2.23. The van der Waals surface area contributed by atoms with Crippen LogP contribution in [0.15, 0.2) is 18.2 Å². The topological polar surface area (TPSA) is 21.3 Å². The fourth-order valence-corrected chi connectivity index (χ4v) is 2.13. The van der Waals surface area contributed by atoms with Gasteiger partial charge in [-0.15, -0.1) is 0 Å². The van der Waals surface area contributed by atoms with Crippen LogP contribution in [0.5, 0.6) is 5.75 Å². The lowest BCUT2D eigenvalue weighted by molar-refractivity contribution is 0.292. The van der Waals surface area contributed by atoms with E-state index in [4.69, 9.17) is 4.74 Å².